The zero-order valence-corrected chi connectivity index (χ0v) is 11.9. The summed E-state index contributed by atoms with van der Waals surface area (Å²) in [7, 11) is 1.80. The summed E-state index contributed by atoms with van der Waals surface area (Å²) in [4.78, 5) is 4.40. The Kier molecular flexibility index (Phi) is 4.24. The maximum Gasteiger partial charge on any atom is 0.156 e. The lowest BCUT2D eigenvalue weighted by molar-refractivity contribution is 0.812. The van der Waals surface area contributed by atoms with Crippen LogP contribution in [0.1, 0.15) is 19.0 Å². The van der Waals surface area contributed by atoms with Gasteiger partial charge >= 0.3 is 0 Å². The van der Waals surface area contributed by atoms with Crippen molar-refractivity contribution in [3.05, 3.63) is 43.0 Å². The molecular weight excluding hydrogens is 252 g/mol. The van der Waals surface area contributed by atoms with Gasteiger partial charge in [-0.15, -0.1) is 0 Å². The van der Waals surface area contributed by atoms with Crippen LogP contribution in [-0.4, -0.2) is 28.2 Å². The van der Waals surface area contributed by atoms with Crippen molar-refractivity contribution in [3.63, 3.8) is 0 Å². The van der Waals surface area contributed by atoms with Gasteiger partial charge in [0.1, 0.15) is 5.69 Å². The molecule has 2 heterocycles. The van der Waals surface area contributed by atoms with Gasteiger partial charge in [0.15, 0.2) is 11.5 Å². The number of aromatic nitrogens is 3. The maximum atomic E-state index is 4.48. The number of anilines is 1. The third-order valence-corrected chi connectivity index (χ3v) is 2.80. The summed E-state index contributed by atoms with van der Waals surface area (Å²) < 4.78 is 1.72. The predicted octanol–water partition coefficient (Wildman–Crippen LogP) is 1.80. The van der Waals surface area contributed by atoms with E-state index >= 15 is 0 Å². The quantitative estimate of drug-likeness (QED) is 0.717. The van der Waals surface area contributed by atoms with Gasteiger partial charge in [-0.3, -0.25) is 0 Å². The Labute approximate surface area is 118 Å². The second-order valence-corrected chi connectivity index (χ2v) is 4.41. The van der Waals surface area contributed by atoms with E-state index in [4.69, 9.17) is 0 Å². The predicted molar refractivity (Wildman–Crippen MR) is 82.1 cm³/mol. The fourth-order valence-corrected chi connectivity index (χ4v) is 1.69. The minimum absolute atomic E-state index is 0.683. The first-order valence-electron chi connectivity index (χ1n) is 6.57. The smallest absolute Gasteiger partial charge is 0.156 e. The fraction of sp³-hybridized carbons (Fsp3) is 0.286. The molecule has 0 amide bonds. The van der Waals surface area contributed by atoms with Crippen LogP contribution in [0.15, 0.2) is 37.3 Å². The van der Waals surface area contributed by atoms with E-state index in [9.17, 15) is 0 Å². The van der Waals surface area contributed by atoms with Crippen LogP contribution < -0.4 is 16.0 Å². The SMILES string of the molecule is C=C(NC)Nc1cn2nc(C(=C)NCCC)ccc2n1. The summed E-state index contributed by atoms with van der Waals surface area (Å²) in [6.45, 7) is 10.8. The molecule has 0 aliphatic rings. The van der Waals surface area contributed by atoms with Crippen molar-refractivity contribution in [2.24, 2.45) is 0 Å². The molecule has 0 atom stereocenters. The van der Waals surface area contributed by atoms with E-state index in [1.807, 2.05) is 18.3 Å². The van der Waals surface area contributed by atoms with Crippen molar-refractivity contribution in [3.8, 4) is 0 Å². The average Bonchev–Trinajstić information content (AvgIpc) is 2.85. The molecule has 0 aliphatic carbocycles. The number of nitrogens with one attached hydrogen (secondary N) is 3. The molecule has 3 N–H and O–H groups in total. The molecule has 0 radical (unpaired) electrons. The topological polar surface area (TPSA) is 66.3 Å². The number of rotatable bonds is 7. The molecule has 0 fully saturated rings. The largest absolute Gasteiger partial charge is 0.384 e. The van der Waals surface area contributed by atoms with Crippen LogP contribution in [-0.2, 0) is 0 Å². The molecule has 2 aromatic rings. The second-order valence-electron chi connectivity index (χ2n) is 4.41. The third kappa shape index (κ3) is 3.09. The second kappa shape index (κ2) is 6.10. The summed E-state index contributed by atoms with van der Waals surface area (Å²) in [5.41, 5.74) is 2.39. The standard InChI is InChI=1S/C14H20N6/c1-5-8-16-10(2)12-6-7-14-18-13(9-20(14)19-12)17-11(3)15-4/h6-7,9,15-17H,2-3,5,8H2,1,4H3. The molecular formula is C14H20N6. The Hall–Kier alpha value is -2.50. The summed E-state index contributed by atoms with van der Waals surface area (Å²) >= 11 is 0. The molecule has 20 heavy (non-hydrogen) atoms. The van der Waals surface area contributed by atoms with Crippen molar-refractivity contribution < 1.29 is 0 Å². The molecule has 0 bridgehead atoms. The Balaban J connectivity index is 2.21. The number of nitrogens with zero attached hydrogens (tertiary/aromatic N) is 3. The first-order valence-corrected chi connectivity index (χ1v) is 6.57. The Morgan fingerprint density at radius 1 is 1.35 bits per heavy atom. The highest BCUT2D eigenvalue weighted by atomic mass is 15.3. The summed E-state index contributed by atoms with van der Waals surface area (Å²) in [5.74, 6) is 1.38. The van der Waals surface area contributed by atoms with Gasteiger partial charge in [0.2, 0.25) is 0 Å². The molecule has 0 aliphatic heterocycles. The van der Waals surface area contributed by atoms with E-state index in [1.165, 1.54) is 0 Å². The lowest BCUT2D eigenvalue weighted by atomic mass is 10.3. The normalized spacial score (nSPS) is 10.3. The van der Waals surface area contributed by atoms with Crippen molar-refractivity contribution in [1.82, 2.24) is 25.2 Å². The van der Waals surface area contributed by atoms with Gasteiger partial charge in [-0.05, 0) is 18.6 Å². The molecule has 2 rings (SSSR count). The first kappa shape index (κ1) is 13.9. The van der Waals surface area contributed by atoms with E-state index in [2.05, 4.69) is 46.1 Å². The zero-order valence-electron chi connectivity index (χ0n) is 11.9. The van der Waals surface area contributed by atoms with Gasteiger partial charge < -0.3 is 16.0 Å². The molecule has 0 aromatic carbocycles. The highest BCUT2D eigenvalue weighted by Crippen LogP contribution is 2.12. The van der Waals surface area contributed by atoms with Crippen LogP contribution in [0, 0.1) is 0 Å². The number of imidazole rings is 1. The molecule has 106 valence electrons. The van der Waals surface area contributed by atoms with Gasteiger partial charge in [-0.25, -0.2) is 9.50 Å². The average molecular weight is 272 g/mol. The number of fused-ring (bicyclic) bond motifs is 1. The van der Waals surface area contributed by atoms with Crippen LogP contribution in [0.2, 0.25) is 0 Å². The first-order chi connectivity index (χ1) is 9.63. The van der Waals surface area contributed by atoms with Gasteiger partial charge in [-0.2, -0.15) is 5.10 Å². The highest BCUT2D eigenvalue weighted by Gasteiger charge is 2.06. The highest BCUT2D eigenvalue weighted by molar-refractivity contribution is 5.60. The summed E-state index contributed by atoms with van der Waals surface area (Å²) in [6, 6.07) is 3.82. The van der Waals surface area contributed by atoms with Crippen molar-refractivity contribution >= 4 is 17.2 Å². The van der Waals surface area contributed by atoms with Crippen molar-refractivity contribution in [2.45, 2.75) is 13.3 Å². The van der Waals surface area contributed by atoms with E-state index in [1.54, 1.807) is 11.6 Å². The maximum absolute atomic E-state index is 4.48. The van der Waals surface area contributed by atoms with Gasteiger partial charge in [0, 0.05) is 13.6 Å². The Morgan fingerprint density at radius 3 is 2.85 bits per heavy atom. The van der Waals surface area contributed by atoms with Crippen LogP contribution in [0.25, 0.3) is 11.3 Å². The lowest BCUT2D eigenvalue weighted by Crippen LogP contribution is -2.13. The van der Waals surface area contributed by atoms with E-state index < -0.39 is 0 Å². The lowest BCUT2D eigenvalue weighted by Gasteiger charge is -2.07. The molecule has 0 saturated heterocycles. The monoisotopic (exact) mass is 272 g/mol. The van der Waals surface area contributed by atoms with Crippen LogP contribution >= 0.6 is 0 Å². The van der Waals surface area contributed by atoms with E-state index in [0.717, 1.165) is 30.0 Å². The third-order valence-electron chi connectivity index (χ3n) is 2.80. The molecule has 6 heteroatoms. The van der Waals surface area contributed by atoms with Crippen LogP contribution in [0.4, 0.5) is 5.82 Å². The Bertz CT molecular complexity index is 628. The van der Waals surface area contributed by atoms with Gasteiger partial charge in [0.25, 0.3) is 0 Å². The molecule has 0 spiro atoms. The summed E-state index contributed by atoms with van der Waals surface area (Å²) in [5, 5.41) is 13.7. The molecule has 6 nitrogen and oxygen atoms in total. The minimum Gasteiger partial charge on any atom is -0.384 e. The van der Waals surface area contributed by atoms with Crippen LogP contribution in [0.5, 0.6) is 0 Å². The minimum atomic E-state index is 0.683. The van der Waals surface area contributed by atoms with Gasteiger partial charge in [-0.1, -0.05) is 20.1 Å². The zero-order chi connectivity index (χ0) is 14.5. The van der Waals surface area contributed by atoms with E-state index in [0.29, 0.717) is 11.6 Å². The summed E-state index contributed by atoms with van der Waals surface area (Å²) in [6.07, 6.45) is 2.86. The molecule has 0 saturated carbocycles. The Morgan fingerprint density at radius 2 is 2.15 bits per heavy atom. The molecule has 0 unspecified atom stereocenters. The van der Waals surface area contributed by atoms with Gasteiger partial charge in [0.05, 0.1) is 17.7 Å². The van der Waals surface area contributed by atoms with Crippen LogP contribution in [0.3, 0.4) is 0 Å². The number of hydrogen-bond acceptors (Lipinski definition) is 5. The fourth-order valence-electron chi connectivity index (χ4n) is 1.69. The molecule has 2 aromatic heterocycles. The van der Waals surface area contributed by atoms with Crippen molar-refractivity contribution in [1.29, 1.82) is 0 Å². The number of hydrogen-bond donors (Lipinski definition) is 3. The van der Waals surface area contributed by atoms with E-state index in [-0.39, 0.29) is 0 Å². The van der Waals surface area contributed by atoms with Crippen molar-refractivity contribution in [2.75, 3.05) is 18.9 Å².